The van der Waals surface area contributed by atoms with E-state index < -0.39 is 17.8 Å². The van der Waals surface area contributed by atoms with Crippen molar-refractivity contribution in [1.29, 1.82) is 5.26 Å². The van der Waals surface area contributed by atoms with Gasteiger partial charge in [-0.3, -0.25) is 9.59 Å². The number of rotatable bonds is 5. The minimum atomic E-state index is -1.22. The van der Waals surface area contributed by atoms with Crippen molar-refractivity contribution in [2.45, 2.75) is 39.2 Å². The molecule has 2 aromatic rings. The smallest absolute Gasteiger partial charge is 0.351 e. The number of hydrogen-bond donors (Lipinski definition) is 2. The summed E-state index contributed by atoms with van der Waals surface area (Å²) >= 11 is 1.38. The van der Waals surface area contributed by atoms with Crippen LogP contribution in [-0.2, 0) is 29.0 Å². The lowest BCUT2D eigenvalue weighted by molar-refractivity contribution is -0.129. The number of nitrogens with zero attached hydrogens (tertiary/aromatic N) is 4. The highest BCUT2D eigenvalue weighted by Crippen LogP contribution is 2.23. The molecule has 0 spiro atoms. The topological polar surface area (TPSA) is 137 Å². The number of carbonyl (C=O) groups is 3. The Morgan fingerprint density at radius 2 is 1.93 bits per heavy atom. The van der Waals surface area contributed by atoms with Crippen molar-refractivity contribution >= 4 is 34.8 Å². The number of hydrazone groups is 1. The summed E-state index contributed by atoms with van der Waals surface area (Å²) in [4.78, 5) is 41.5. The van der Waals surface area contributed by atoms with E-state index in [0.29, 0.717) is 15.9 Å². The molecule has 1 aromatic carbocycles. The zero-order valence-corrected chi connectivity index (χ0v) is 17.0. The van der Waals surface area contributed by atoms with Crippen LogP contribution in [0.3, 0.4) is 0 Å². The number of carboxylic acid groups (broad SMARTS) is 1. The fourth-order valence-corrected chi connectivity index (χ4v) is 4.21. The molecule has 30 heavy (non-hydrogen) atoms. The van der Waals surface area contributed by atoms with Gasteiger partial charge in [0.1, 0.15) is 12.3 Å². The van der Waals surface area contributed by atoms with Crippen molar-refractivity contribution in [3.05, 3.63) is 50.8 Å². The monoisotopic (exact) mass is 425 g/mol. The number of carbonyl (C=O) groups excluding carboxylic acids is 2. The lowest BCUT2D eigenvalue weighted by Crippen LogP contribution is -2.31. The average Bonchev–Trinajstić information content (AvgIpc) is 3.08. The number of hydrogen-bond acceptors (Lipinski definition) is 6. The fraction of sp³-hybridized carbons (Fsp3) is 0.300. The number of aryl methyl sites for hydroxylation is 1. The van der Waals surface area contributed by atoms with E-state index in [1.807, 2.05) is 6.07 Å². The van der Waals surface area contributed by atoms with E-state index in [-0.39, 0.29) is 12.3 Å². The van der Waals surface area contributed by atoms with Crippen molar-refractivity contribution in [2.24, 2.45) is 10.1 Å². The zero-order chi connectivity index (χ0) is 21.7. The third-order valence-corrected chi connectivity index (χ3v) is 5.76. The highest BCUT2D eigenvalue weighted by Gasteiger charge is 2.20. The van der Waals surface area contributed by atoms with Crippen LogP contribution in [0.4, 0.5) is 0 Å². The van der Waals surface area contributed by atoms with Crippen molar-refractivity contribution < 1.29 is 19.5 Å². The first-order valence-electron chi connectivity index (χ1n) is 9.26. The van der Waals surface area contributed by atoms with Gasteiger partial charge >= 0.3 is 5.97 Å². The molecule has 1 aliphatic carbocycles. The van der Waals surface area contributed by atoms with Gasteiger partial charge in [-0.1, -0.05) is 0 Å². The molecule has 0 radical (unpaired) electrons. The summed E-state index contributed by atoms with van der Waals surface area (Å²) in [6, 6.07) is 8.17. The summed E-state index contributed by atoms with van der Waals surface area (Å²) in [7, 11) is 0. The van der Waals surface area contributed by atoms with Gasteiger partial charge in [0.05, 0.1) is 11.6 Å². The van der Waals surface area contributed by atoms with Gasteiger partial charge in [-0.25, -0.2) is 10.2 Å². The van der Waals surface area contributed by atoms with Gasteiger partial charge in [0, 0.05) is 16.1 Å². The second-order valence-electron chi connectivity index (χ2n) is 6.69. The molecule has 9 nitrogen and oxygen atoms in total. The molecular formula is C20H19N5O4S. The zero-order valence-electron chi connectivity index (χ0n) is 16.2. The first kappa shape index (κ1) is 21.1. The number of nitrogens with one attached hydrogen (secondary N) is 1. The normalized spacial score (nSPS) is 14.0. The van der Waals surface area contributed by atoms with E-state index in [0.717, 1.165) is 36.3 Å². The SMILES string of the molecule is C/C(=N/NC(=O)Cn1c2c(sc1=NC(=O)c1ccc(C#N)cc1)CCCC2)C(=O)O. The van der Waals surface area contributed by atoms with Crippen molar-refractivity contribution in [2.75, 3.05) is 0 Å². The molecule has 3 rings (SSSR count). The summed E-state index contributed by atoms with van der Waals surface area (Å²) in [6.07, 6.45) is 3.64. The van der Waals surface area contributed by atoms with Crippen LogP contribution in [0.5, 0.6) is 0 Å². The Kier molecular flexibility index (Phi) is 6.54. The molecule has 1 aromatic heterocycles. The maximum absolute atomic E-state index is 12.6. The van der Waals surface area contributed by atoms with Crippen LogP contribution in [0.2, 0.25) is 0 Å². The highest BCUT2D eigenvalue weighted by molar-refractivity contribution is 7.09. The number of nitriles is 1. The number of aliphatic carboxylic acids is 1. The summed E-state index contributed by atoms with van der Waals surface area (Å²) in [5, 5.41) is 21.3. The van der Waals surface area contributed by atoms with Crippen LogP contribution < -0.4 is 10.2 Å². The lowest BCUT2D eigenvalue weighted by Gasteiger charge is -2.13. The molecule has 0 bridgehead atoms. The summed E-state index contributed by atoms with van der Waals surface area (Å²) in [5.74, 6) is -2.19. The van der Waals surface area contributed by atoms with E-state index in [2.05, 4.69) is 15.5 Å². The number of carboxylic acids is 1. The van der Waals surface area contributed by atoms with Gasteiger partial charge < -0.3 is 9.67 Å². The molecule has 0 saturated heterocycles. The van der Waals surface area contributed by atoms with E-state index in [9.17, 15) is 14.4 Å². The second kappa shape index (κ2) is 9.28. The van der Waals surface area contributed by atoms with Crippen molar-refractivity contribution in [3.8, 4) is 6.07 Å². The van der Waals surface area contributed by atoms with Gasteiger partial charge in [-0.05, 0) is 56.9 Å². The quantitative estimate of drug-likeness (QED) is 0.554. The second-order valence-corrected chi connectivity index (χ2v) is 7.75. The molecule has 0 atom stereocenters. The number of amides is 2. The molecule has 2 N–H and O–H groups in total. The maximum atomic E-state index is 12.6. The minimum Gasteiger partial charge on any atom is -0.477 e. The van der Waals surface area contributed by atoms with Crippen LogP contribution in [0.1, 0.15) is 46.3 Å². The van der Waals surface area contributed by atoms with E-state index in [1.54, 1.807) is 28.8 Å². The van der Waals surface area contributed by atoms with Crippen LogP contribution in [0, 0.1) is 11.3 Å². The molecule has 154 valence electrons. The third kappa shape index (κ3) is 4.87. The standard InChI is InChI=1S/C20H19N5O4S/c1-12(19(28)29)23-24-17(26)11-25-15-4-2-3-5-16(15)30-20(25)22-18(27)14-8-6-13(10-21)7-9-14/h6-9H,2-5,11H2,1H3,(H,24,26)(H,28,29)/b22-20?,23-12-. The molecule has 10 heteroatoms. The van der Waals surface area contributed by atoms with Gasteiger partial charge in [0.25, 0.3) is 11.8 Å². The van der Waals surface area contributed by atoms with E-state index in [4.69, 9.17) is 10.4 Å². The van der Waals surface area contributed by atoms with Crippen LogP contribution in [0.25, 0.3) is 0 Å². The first-order chi connectivity index (χ1) is 14.4. The Morgan fingerprint density at radius 3 is 2.60 bits per heavy atom. The number of thiazole rings is 1. The maximum Gasteiger partial charge on any atom is 0.351 e. The Balaban J connectivity index is 1.91. The predicted molar refractivity (Wildman–Crippen MR) is 109 cm³/mol. The fourth-order valence-electron chi connectivity index (χ4n) is 3.00. The Labute approximate surface area is 176 Å². The molecule has 0 fully saturated rings. The molecule has 1 heterocycles. The number of aromatic nitrogens is 1. The summed E-state index contributed by atoms with van der Waals surface area (Å²) in [6.45, 7) is 1.15. The van der Waals surface area contributed by atoms with E-state index in [1.165, 1.54) is 18.3 Å². The molecular weight excluding hydrogens is 406 g/mol. The Bertz CT molecular complexity index is 1140. The Hall–Kier alpha value is -3.58. The molecule has 2 amide bonds. The van der Waals surface area contributed by atoms with Gasteiger partial charge in [0.2, 0.25) is 0 Å². The number of benzene rings is 1. The van der Waals surface area contributed by atoms with Gasteiger partial charge in [0.15, 0.2) is 4.80 Å². The van der Waals surface area contributed by atoms with Crippen LogP contribution >= 0.6 is 11.3 Å². The summed E-state index contributed by atoms with van der Waals surface area (Å²) in [5.41, 5.74) is 3.75. The molecule has 1 aliphatic rings. The molecule has 0 aliphatic heterocycles. The van der Waals surface area contributed by atoms with Gasteiger partial charge in [-0.15, -0.1) is 11.3 Å². The Morgan fingerprint density at radius 1 is 1.23 bits per heavy atom. The molecule has 0 saturated carbocycles. The van der Waals surface area contributed by atoms with Gasteiger partial charge in [-0.2, -0.15) is 15.4 Å². The largest absolute Gasteiger partial charge is 0.477 e. The van der Waals surface area contributed by atoms with Crippen molar-refractivity contribution in [3.63, 3.8) is 0 Å². The summed E-state index contributed by atoms with van der Waals surface area (Å²) < 4.78 is 1.70. The van der Waals surface area contributed by atoms with E-state index >= 15 is 0 Å². The highest BCUT2D eigenvalue weighted by atomic mass is 32.1. The third-order valence-electron chi connectivity index (χ3n) is 4.58. The first-order valence-corrected chi connectivity index (χ1v) is 10.1. The van der Waals surface area contributed by atoms with Crippen molar-refractivity contribution in [1.82, 2.24) is 9.99 Å². The lowest BCUT2D eigenvalue weighted by atomic mass is 10.0. The number of fused-ring (bicyclic) bond motifs is 1. The molecule has 0 unspecified atom stereocenters. The van der Waals surface area contributed by atoms with Crippen LogP contribution in [0.15, 0.2) is 34.4 Å². The minimum absolute atomic E-state index is 0.123. The average molecular weight is 425 g/mol. The van der Waals surface area contributed by atoms with Crippen LogP contribution in [-0.4, -0.2) is 33.2 Å². The predicted octanol–water partition coefficient (Wildman–Crippen LogP) is 1.62.